The van der Waals surface area contributed by atoms with Gasteiger partial charge in [0.05, 0.1) is 24.6 Å². The van der Waals surface area contributed by atoms with Crippen LogP contribution in [0.2, 0.25) is 0 Å². The molecule has 33 heavy (non-hydrogen) atoms. The Bertz CT molecular complexity index is 1110. The predicted molar refractivity (Wildman–Crippen MR) is 123 cm³/mol. The Kier molecular flexibility index (Phi) is 6.32. The van der Waals surface area contributed by atoms with Gasteiger partial charge in [-0.25, -0.2) is 9.07 Å². The minimum absolute atomic E-state index is 0.0285. The van der Waals surface area contributed by atoms with Crippen LogP contribution in [-0.4, -0.2) is 53.2 Å². The van der Waals surface area contributed by atoms with E-state index in [0.717, 1.165) is 29.7 Å². The normalized spacial score (nSPS) is 17.8. The zero-order chi connectivity index (χ0) is 22.6. The van der Waals surface area contributed by atoms with Gasteiger partial charge in [0.1, 0.15) is 5.82 Å². The van der Waals surface area contributed by atoms with Gasteiger partial charge < -0.3 is 14.4 Å². The topological polar surface area (TPSA) is 56.6 Å². The highest BCUT2D eigenvalue weighted by molar-refractivity contribution is 5.93. The summed E-state index contributed by atoms with van der Waals surface area (Å²) in [7, 11) is 0. The van der Waals surface area contributed by atoms with Gasteiger partial charge in [-0.1, -0.05) is 18.2 Å². The zero-order valence-corrected chi connectivity index (χ0v) is 18.3. The summed E-state index contributed by atoms with van der Waals surface area (Å²) in [4.78, 5) is 14.7. The standard InChI is InChI=1S/C26H26FN3O3/c27-22-9-6-19(7-10-22)25-21(18-30(28-25)23-4-2-1-3-5-23)8-11-24(31)29-14-12-20(13-15-29)26-32-16-17-33-26/h1-11,18,20,26H,12-17H2/b11-8+. The number of hydrogen-bond donors (Lipinski definition) is 0. The average molecular weight is 448 g/mol. The maximum absolute atomic E-state index is 13.5. The number of carbonyl (C=O) groups excluding carboxylic acids is 1. The van der Waals surface area contributed by atoms with E-state index in [1.165, 1.54) is 12.1 Å². The van der Waals surface area contributed by atoms with Crippen molar-refractivity contribution in [3.63, 3.8) is 0 Å². The van der Waals surface area contributed by atoms with E-state index in [-0.39, 0.29) is 18.0 Å². The summed E-state index contributed by atoms with van der Waals surface area (Å²) in [5.41, 5.74) is 3.18. The van der Waals surface area contributed by atoms with E-state index in [1.54, 1.807) is 29.0 Å². The molecule has 3 aromatic rings. The zero-order valence-electron chi connectivity index (χ0n) is 18.3. The fourth-order valence-corrected chi connectivity index (χ4v) is 4.36. The number of nitrogens with zero attached hydrogens (tertiary/aromatic N) is 3. The van der Waals surface area contributed by atoms with Crippen LogP contribution >= 0.6 is 0 Å². The molecular weight excluding hydrogens is 421 g/mol. The Morgan fingerprint density at radius 2 is 1.70 bits per heavy atom. The number of piperidine rings is 1. The van der Waals surface area contributed by atoms with Crippen LogP contribution in [0.3, 0.4) is 0 Å². The fourth-order valence-electron chi connectivity index (χ4n) is 4.36. The molecule has 0 unspecified atom stereocenters. The molecule has 2 fully saturated rings. The second-order valence-corrected chi connectivity index (χ2v) is 8.33. The van der Waals surface area contributed by atoms with Crippen molar-refractivity contribution in [2.75, 3.05) is 26.3 Å². The molecule has 0 N–H and O–H groups in total. The van der Waals surface area contributed by atoms with Gasteiger partial charge in [0.2, 0.25) is 5.91 Å². The van der Waals surface area contributed by atoms with E-state index in [0.29, 0.717) is 37.9 Å². The van der Waals surface area contributed by atoms with Crippen molar-refractivity contribution in [1.82, 2.24) is 14.7 Å². The van der Waals surface area contributed by atoms with E-state index in [9.17, 15) is 9.18 Å². The number of amides is 1. The van der Waals surface area contributed by atoms with Gasteiger partial charge in [-0.2, -0.15) is 5.10 Å². The maximum atomic E-state index is 13.5. The third-order valence-electron chi connectivity index (χ3n) is 6.17. The summed E-state index contributed by atoms with van der Waals surface area (Å²) in [5, 5.41) is 4.72. The summed E-state index contributed by atoms with van der Waals surface area (Å²) in [5.74, 6) is 0.0132. The number of benzene rings is 2. The van der Waals surface area contributed by atoms with Crippen molar-refractivity contribution >= 4 is 12.0 Å². The smallest absolute Gasteiger partial charge is 0.246 e. The van der Waals surface area contributed by atoms with Gasteiger partial charge in [0.25, 0.3) is 0 Å². The van der Waals surface area contributed by atoms with E-state index in [1.807, 2.05) is 41.4 Å². The van der Waals surface area contributed by atoms with Gasteiger partial charge in [-0.05, 0) is 55.3 Å². The van der Waals surface area contributed by atoms with Crippen LogP contribution in [0.1, 0.15) is 18.4 Å². The molecule has 2 aliphatic heterocycles. The van der Waals surface area contributed by atoms with Crippen LogP contribution in [0.25, 0.3) is 23.0 Å². The molecule has 170 valence electrons. The van der Waals surface area contributed by atoms with Crippen LogP contribution in [0.15, 0.2) is 66.9 Å². The van der Waals surface area contributed by atoms with Gasteiger partial charge in [-0.15, -0.1) is 0 Å². The quantitative estimate of drug-likeness (QED) is 0.547. The highest BCUT2D eigenvalue weighted by atomic mass is 19.1. The van der Waals surface area contributed by atoms with E-state index in [4.69, 9.17) is 14.6 Å². The van der Waals surface area contributed by atoms with Crippen molar-refractivity contribution < 1.29 is 18.7 Å². The van der Waals surface area contributed by atoms with Crippen molar-refractivity contribution in [3.05, 3.63) is 78.3 Å². The first-order valence-electron chi connectivity index (χ1n) is 11.3. The van der Waals surface area contributed by atoms with Crippen LogP contribution in [0.4, 0.5) is 4.39 Å². The Balaban J connectivity index is 1.34. The molecule has 0 bridgehead atoms. The third kappa shape index (κ3) is 4.89. The number of carbonyl (C=O) groups is 1. The average Bonchev–Trinajstić information content (AvgIpc) is 3.54. The number of likely N-dealkylation sites (tertiary alicyclic amines) is 1. The third-order valence-corrected chi connectivity index (χ3v) is 6.17. The Morgan fingerprint density at radius 1 is 1.00 bits per heavy atom. The van der Waals surface area contributed by atoms with Gasteiger partial charge in [-0.3, -0.25) is 4.79 Å². The SMILES string of the molecule is O=C(/C=C/c1cn(-c2ccccc2)nc1-c1ccc(F)cc1)N1CCC(C2OCCO2)CC1. The highest BCUT2D eigenvalue weighted by Crippen LogP contribution is 2.27. The number of para-hydroxylation sites is 1. The van der Waals surface area contributed by atoms with E-state index < -0.39 is 0 Å². The first-order valence-corrected chi connectivity index (χ1v) is 11.3. The minimum atomic E-state index is -0.301. The fraction of sp³-hybridized carbons (Fsp3) is 0.308. The Hall–Kier alpha value is -3.29. The molecule has 0 atom stereocenters. The number of rotatable bonds is 5. The molecule has 0 radical (unpaired) electrons. The lowest BCUT2D eigenvalue weighted by molar-refractivity contribution is -0.131. The molecule has 1 aromatic heterocycles. The summed E-state index contributed by atoms with van der Waals surface area (Å²) in [6.45, 7) is 2.68. The molecular formula is C26H26FN3O3. The first-order chi connectivity index (χ1) is 16.2. The summed E-state index contributed by atoms with van der Waals surface area (Å²) in [6.07, 6.45) is 6.90. The monoisotopic (exact) mass is 447 g/mol. The Labute approximate surface area is 192 Å². The van der Waals surface area contributed by atoms with Crippen LogP contribution < -0.4 is 0 Å². The molecule has 2 aliphatic rings. The lowest BCUT2D eigenvalue weighted by atomic mass is 9.96. The maximum Gasteiger partial charge on any atom is 0.246 e. The largest absolute Gasteiger partial charge is 0.350 e. The molecule has 0 spiro atoms. The lowest BCUT2D eigenvalue weighted by Gasteiger charge is -2.33. The Morgan fingerprint density at radius 3 is 2.39 bits per heavy atom. The van der Waals surface area contributed by atoms with Crippen molar-refractivity contribution in [1.29, 1.82) is 0 Å². The molecule has 0 aliphatic carbocycles. The molecule has 7 heteroatoms. The molecule has 2 saturated heterocycles. The van der Waals surface area contributed by atoms with E-state index >= 15 is 0 Å². The van der Waals surface area contributed by atoms with Crippen molar-refractivity contribution in [3.8, 4) is 16.9 Å². The second-order valence-electron chi connectivity index (χ2n) is 8.33. The van der Waals surface area contributed by atoms with Crippen LogP contribution in [0, 0.1) is 11.7 Å². The number of aromatic nitrogens is 2. The van der Waals surface area contributed by atoms with Crippen molar-refractivity contribution in [2.45, 2.75) is 19.1 Å². The second kappa shape index (κ2) is 9.68. The lowest BCUT2D eigenvalue weighted by Crippen LogP contribution is -2.40. The number of ether oxygens (including phenoxy) is 2. The van der Waals surface area contributed by atoms with Crippen LogP contribution in [0.5, 0.6) is 0 Å². The van der Waals surface area contributed by atoms with Crippen molar-refractivity contribution in [2.24, 2.45) is 5.92 Å². The van der Waals surface area contributed by atoms with Gasteiger partial charge in [0.15, 0.2) is 6.29 Å². The van der Waals surface area contributed by atoms with Gasteiger partial charge in [0, 0.05) is 42.4 Å². The molecule has 5 rings (SSSR count). The number of halogens is 1. The molecule has 6 nitrogen and oxygen atoms in total. The number of hydrogen-bond acceptors (Lipinski definition) is 4. The molecule has 2 aromatic carbocycles. The predicted octanol–water partition coefficient (Wildman–Crippen LogP) is 4.30. The summed E-state index contributed by atoms with van der Waals surface area (Å²) >= 11 is 0. The summed E-state index contributed by atoms with van der Waals surface area (Å²) < 4.78 is 26.5. The first kappa shape index (κ1) is 21.6. The molecule has 1 amide bonds. The minimum Gasteiger partial charge on any atom is -0.350 e. The van der Waals surface area contributed by atoms with Crippen LogP contribution in [-0.2, 0) is 14.3 Å². The molecule has 0 saturated carbocycles. The summed E-state index contributed by atoms with van der Waals surface area (Å²) in [6, 6.07) is 16.0. The van der Waals surface area contributed by atoms with Gasteiger partial charge >= 0.3 is 0 Å². The molecule has 3 heterocycles. The van der Waals surface area contributed by atoms with E-state index in [2.05, 4.69) is 0 Å². The highest BCUT2D eigenvalue weighted by Gasteiger charge is 2.31.